The maximum absolute atomic E-state index is 5.00. The van der Waals surface area contributed by atoms with Crippen LogP contribution in [0.15, 0.2) is 0 Å². The van der Waals surface area contributed by atoms with E-state index in [0.29, 0.717) is 6.67 Å². The third kappa shape index (κ3) is 19.1. The Morgan fingerprint density at radius 1 is 1.05 bits per heavy atom. The third-order valence-electron chi connectivity index (χ3n) is 3.08. The Bertz CT molecular complexity index is 138. The van der Waals surface area contributed by atoms with E-state index in [9.17, 15) is 0 Å². The maximum Gasteiger partial charge on any atom is 3.00 e. The van der Waals surface area contributed by atoms with Crippen LogP contribution < -0.4 is 0 Å². The van der Waals surface area contributed by atoms with Gasteiger partial charge in [-0.1, -0.05) is 39.5 Å². The van der Waals surface area contributed by atoms with Crippen molar-refractivity contribution in [3.05, 3.63) is 18.1 Å². The average Bonchev–Trinajstić information content (AvgIpc) is 2.84. The Hall–Kier alpha value is 1.07. The molecule has 0 N–H and O–H groups in total. The summed E-state index contributed by atoms with van der Waals surface area (Å²) in [5.41, 5.74) is 0. The van der Waals surface area contributed by atoms with E-state index in [0.717, 1.165) is 25.6 Å². The normalized spacial score (nSPS) is 14.1. The first kappa shape index (κ1) is 25.1. The fourth-order valence-electron chi connectivity index (χ4n) is 2.09. The molecule has 0 heterocycles. The Kier molecular flexibility index (Phi) is 28.2. The summed E-state index contributed by atoms with van der Waals surface area (Å²) < 4.78 is 5.00. The van der Waals surface area contributed by atoms with E-state index < -0.39 is 0 Å². The van der Waals surface area contributed by atoms with E-state index in [1.165, 1.54) is 38.5 Å². The van der Waals surface area contributed by atoms with Crippen molar-refractivity contribution in [1.82, 2.24) is 0 Å². The second kappa shape index (κ2) is 21.4. The minimum absolute atomic E-state index is 0. The molecule has 1 aliphatic rings. The molecule has 0 spiro atoms. The SMILES string of the molecule is CC[N-]C[N-]CC.COCCCC1CCCC1.[CH3-].[La+3]. The van der Waals surface area contributed by atoms with Gasteiger partial charge in [-0.05, 0) is 18.8 Å². The average molecular weight is 396 g/mol. The third-order valence-corrected chi connectivity index (χ3v) is 3.08. The van der Waals surface area contributed by atoms with Gasteiger partial charge in [-0.15, -0.1) is 0 Å². The molecule has 0 radical (unpaired) electrons. The van der Waals surface area contributed by atoms with Gasteiger partial charge in [0.1, 0.15) is 0 Å². The number of ether oxygens (including phenoxy) is 1. The molecule has 0 aromatic carbocycles. The van der Waals surface area contributed by atoms with E-state index in [4.69, 9.17) is 4.74 Å². The van der Waals surface area contributed by atoms with Crippen molar-refractivity contribution in [2.75, 3.05) is 33.5 Å². The van der Waals surface area contributed by atoms with Gasteiger partial charge in [-0.2, -0.15) is 13.1 Å². The second-order valence-electron chi connectivity index (χ2n) is 4.51. The van der Waals surface area contributed by atoms with E-state index >= 15 is 0 Å². The molecule has 112 valence electrons. The maximum atomic E-state index is 5.00. The van der Waals surface area contributed by atoms with Crippen molar-refractivity contribution >= 4 is 0 Å². The number of hydrogen-bond donors (Lipinski definition) is 0. The second-order valence-corrected chi connectivity index (χ2v) is 4.51. The number of rotatable bonds is 8. The molecule has 0 aliphatic heterocycles. The van der Waals surface area contributed by atoms with E-state index in [-0.39, 0.29) is 43.0 Å². The molecule has 0 aromatic heterocycles. The molecular formula is C15H33LaN2O. The monoisotopic (exact) mass is 396 g/mol. The van der Waals surface area contributed by atoms with Crippen LogP contribution in [0.2, 0.25) is 0 Å². The standard InChI is InChI=1S/C9H18O.C5H12N2.CH3.La/c1-10-8-4-7-9-5-2-3-6-9;1-3-6-5-7-4-2;;/h9H,2-8H2,1H3;3-5H2,1-2H3;1H3;/q;-2;-1;+3. The molecule has 0 saturated heterocycles. The summed E-state index contributed by atoms with van der Waals surface area (Å²) in [5.74, 6) is 1.04. The van der Waals surface area contributed by atoms with Gasteiger partial charge in [0.05, 0.1) is 0 Å². The topological polar surface area (TPSA) is 37.4 Å². The van der Waals surface area contributed by atoms with Crippen LogP contribution in [-0.2, 0) is 4.74 Å². The Balaban J connectivity index is -0.000000258. The van der Waals surface area contributed by atoms with Gasteiger partial charge >= 0.3 is 35.6 Å². The molecule has 4 heteroatoms. The van der Waals surface area contributed by atoms with Crippen molar-refractivity contribution in [2.24, 2.45) is 5.92 Å². The number of hydrogen-bond acceptors (Lipinski definition) is 1. The van der Waals surface area contributed by atoms with Crippen LogP contribution in [0.1, 0.15) is 52.4 Å². The molecule has 0 amide bonds. The minimum Gasteiger partial charge on any atom is -0.681 e. The van der Waals surface area contributed by atoms with Gasteiger partial charge in [0.2, 0.25) is 0 Å². The number of methoxy groups -OCH3 is 1. The number of nitrogens with zero attached hydrogens (tertiary/aromatic N) is 2. The predicted octanol–water partition coefficient (Wildman–Crippen LogP) is 4.78. The molecule has 1 fully saturated rings. The Morgan fingerprint density at radius 2 is 1.58 bits per heavy atom. The molecule has 0 aromatic rings. The zero-order valence-electron chi connectivity index (χ0n) is 13.5. The minimum atomic E-state index is 0. The first-order valence-electron chi connectivity index (χ1n) is 7.10. The van der Waals surface area contributed by atoms with Crippen molar-refractivity contribution in [3.63, 3.8) is 0 Å². The molecular weight excluding hydrogens is 363 g/mol. The summed E-state index contributed by atoms with van der Waals surface area (Å²) in [6.07, 6.45) is 8.55. The fourth-order valence-corrected chi connectivity index (χ4v) is 2.09. The molecule has 1 rings (SSSR count). The van der Waals surface area contributed by atoms with Crippen molar-refractivity contribution < 1.29 is 40.3 Å². The smallest absolute Gasteiger partial charge is 0.681 e. The van der Waals surface area contributed by atoms with Crippen molar-refractivity contribution in [2.45, 2.75) is 52.4 Å². The molecule has 0 unspecified atom stereocenters. The van der Waals surface area contributed by atoms with Crippen LogP contribution in [-0.4, -0.2) is 33.5 Å². The molecule has 0 bridgehead atoms. The summed E-state index contributed by atoms with van der Waals surface area (Å²) in [7, 11) is 1.79. The van der Waals surface area contributed by atoms with Crippen LogP contribution in [0.3, 0.4) is 0 Å². The summed E-state index contributed by atoms with van der Waals surface area (Å²) >= 11 is 0. The molecule has 1 saturated carbocycles. The van der Waals surface area contributed by atoms with Gasteiger partial charge in [0, 0.05) is 13.7 Å². The van der Waals surface area contributed by atoms with Gasteiger partial charge in [-0.25, -0.2) is 0 Å². The van der Waals surface area contributed by atoms with Gasteiger partial charge < -0.3 is 22.8 Å². The zero-order valence-corrected chi connectivity index (χ0v) is 17.2. The summed E-state index contributed by atoms with van der Waals surface area (Å²) in [4.78, 5) is 0. The van der Waals surface area contributed by atoms with Gasteiger partial charge in [0.15, 0.2) is 0 Å². The van der Waals surface area contributed by atoms with Crippen LogP contribution in [0.25, 0.3) is 10.6 Å². The van der Waals surface area contributed by atoms with E-state index in [2.05, 4.69) is 10.6 Å². The fraction of sp³-hybridized carbons (Fsp3) is 0.933. The van der Waals surface area contributed by atoms with Crippen molar-refractivity contribution in [3.8, 4) is 0 Å². The van der Waals surface area contributed by atoms with Crippen LogP contribution in [0, 0.1) is 48.9 Å². The van der Waals surface area contributed by atoms with E-state index in [1.54, 1.807) is 7.11 Å². The Labute approximate surface area is 149 Å². The van der Waals surface area contributed by atoms with Gasteiger partial charge in [-0.3, -0.25) is 6.67 Å². The van der Waals surface area contributed by atoms with Gasteiger partial charge in [0.25, 0.3) is 0 Å². The molecule has 1 aliphatic carbocycles. The summed E-state index contributed by atoms with van der Waals surface area (Å²) in [6.45, 7) is 7.47. The summed E-state index contributed by atoms with van der Waals surface area (Å²) in [6, 6.07) is 0. The molecule has 19 heavy (non-hydrogen) atoms. The van der Waals surface area contributed by atoms with Crippen molar-refractivity contribution in [1.29, 1.82) is 0 Å². The molecule has 0 atom stereocenters. The first-order chi connectivity index (χ1) is 8.35. The van der Waals surface area contributed by atoms with E-state index in [1.807, 2.05) is 13.8 Å². The molecule has 3 nitrogen and oxygen atoms in total. The van der Waals surface area contributed by atoms with Crippen LogP contribution >= 0.6 is 0 Å². The largest absolute Gasteiger partial charge is 3.00 e. The zero-order chi connectivity index (χ0) is 12.8. The van der Waals surface area contributed by atoms with Crippen LogP contribution in [0.5, 0.6) is 0 Å². The summed E-state index contributed by atoms with van der Waals surface area (Å²) in [5, 5.41) is 7.99. The predicted molar refractivity (Wildman–Crippen MR) is 82.1 cm³/mol. The van der Waals surface area contributed by atoms with Crippen LogP contribution in [0.4, 0.5) is 0 Å². The first-order valence-corrected chi connectivity index (χ1v) is 7.10. The Morgan fingerprint density at radius 3 is 2.00 bits per heavy atom. The quantitative estimate of drug-likeness (QED) is 0.430.